The van der Waals surface area contributed by atoms with Gasteiger partial charge in [-0.2, -0.15) is 5.10 Å². The molecule has 30 heavy (non-hydrogen) atoms. The lowest BCUT2D eigenvalue weighted by Crippen LogP contribution is -2.44. The number of oxime groups is 1. The Bertz CT molecular complexity index is 1090. The van der Waals surface area contributed by atoms with Crippen LogP contribution in [0.25, 0.3) is 11.3 Å². The summed E-state index contributed by atoms with van der Waals surface area (Å²) < 4.78 is 5.20. The monoisotopic (exact) mass is 424 g/mol. The Kier molecular flexibility index (Phi) is 5.46. The van der Waals surface area contributed by atoms with Crippen molar-refractivity contribution >= 4 is 23.2 Å². The van der Waals surface area contributed by atoms with Crippen molar-refractivity contribution in [2.75, 3.05) is 7.11 Å². The largest absolute Gasteiger partial charge is 0.497 e. The average Bonchev–Trinajstić information content (AvgIpc) is 3.40. The van der Waals surface area contributed by atoms with Gasteiger partial charge in [-0.1, -0.05) is 35.0 Å². The Morgan fingerprint density at radius 3 is 2.77 bits per heavy atom. The number of hydrogen-bond acceptors (Lipinski definition) is 5. The van der Waals surface area contributed by atoms with Crippen molar-refractivity contribution in [1.29, 1.82) is 0 Å². The number of halogens is 1. The summed E-state index contributed by atoms with van der Waals surface area (Å²) in [6.45, 7) is 2.02. The molecule has 0 bridgehead atoms. The number of methoxy groups -OCH3 is 1. The maximum absolute atomic E-state index is 12.9. The molecule has 1 atom stereocenters. The summed E-state index contributed by atoms with van der Waals surface area (Å²) in [5.41, 5.74) is 2.97. The van der Waals surface area contributed by atoms with E-state index in [2.05, 4.69) is 20.7 Å². The van der Waals surface area contributed by atoms with Crippen LogP contribution < -0.4 is 10.1 Å². The lowest BCUT2D eigenvalue weighted by molar-refractivity contribution is -0.141. The van der Waals surface area contributed by atoms with E-state index in [-0.39, 0.29) is 5.91 Å². The Hall–Kier alpha value is -3.32. The van der Waals surface area contributed by atoms with Gasteiger partial charge in [0.15, 0.2) is 0 Å². The van der Waals surface area contributed by atoms with Crippen LogP contribution in [0.5, 0.6) is 5.75 Å². The van der Waals surface area contributed by atoms with Gasteiger partial charge in [0.25, 0.3) is 5.91 Å². The van der Waals surface area contributed by atoms with E-state index in [4.69, 9.17) is 21.2 Å². The van der Waals surface area contributed by atoms with E-state index in [1.807, 2.05) is 42.5 Å². The van der Waals surface area contributed by atoms with Crippen molar-refractivity contribution in [3.8, 4) is 17.0 Å². The molecule has 1 aromatic heterocycles. The minimum Gasteiger partial charge on any atom is -0.497 e. The Morgan fingerprint density at radius 1 is 1.27 bits per heavy atom. The quantitative estimate of drug-likeness (QED) is 0.627. The van der Waals surface area contributed by atoms with Crippen LogP contribution in [-0.2, 0) is 16.2 Å². The van der Waals surface area contributed by atoms with Crippen molar-refractivity contribution in [2.45, 2.75) is 25.5 Å². The van der Waals surface area contributed by atoms with Gasteiger partial charge in [-0.15, -0.1) is 0 Å². The van der Waals surface area contributed by atoms with Gasteiger partial charge >= 0.3 is 0 Å². The molecule has 154 valence electrons. The van der Waals surface area contributed by atoms with E-state index >= 15 is 0 Å². The first kappa shape index (κ1) is 20.0. The van der Waals surface area contributed by atoms with E-state index in [0.29, 0.717) is 23.7 Å². The second-order valence-corrected chi connectivity index (χ2v) is 7.61. The molecule has 1 aliphatic rings. The summed E-state index contributed by atoms with van der Waals surface area (Å²) in [6.07, 6.45) is 2.03. The molecule has 3 aromatic rings. The summed E-state index contributed by atoms with van der Waals surface area (Å²) in [7, 11) is 1.62. The highest BCUT2D eigenvalue weighted by Gasteiger charge is 2.42. The van der Waals surface area contributed by atoms with Crippen LogP contribution in [0, 0.1) is 0 Å². The van der Waals surface area contributed by atoms with Gasteiger partial charge in [-0.3, -0.25) is 9.89 Å². The predicted octanol–water partition coefficient (Wildman–Crippen LogP) is 3.94. The van der Waals surface area contributed by atoms with Gasteiger partial charge in [0.2, 0.25) is 5.60 Å². The van der Waals surface area contributed by atoms with E-state index in [1.54, 1.807) is 26.3 Å². The molecule has 7 nitrogen and oxygen atoms in total. The predicted molar refractivity (Wildman–Crippen MR) is 115 cm³/mol. The number of benzene rings is 2. The molecular weight excluding hydrogens is 404 g/mol. The number of rotatable bonds is 6. The first-order valence-electron chi connectivity index (χ1n) is 9.45. The average molecular weight is 425 g/mol. The van der Waals surface area contributed by atoms with Crippen LogP contribution in [0.1, 0.15) is 24.5 Å². The van der Waals surface area contributed by atoms with Crippen LogP contribution in [0.15, 0.2) is 59.9 Å². The number of ether oxygens (including phenoxy) is 1. The molecule has 2 aromatic carbocycles. The second-order valence-electron chi connectivity index (χ2n) is 7.20. The maximum atomic E-state index is 12.9. The fourth-order valence-corrected chi connectivity index (χ4v) is 3.56. The fourth-order valence-electron chi connectivity index (χ4n) is 3.32. The Balaban J connectivity index is 1.42. The van der Waals surface area contributed by atoms with Crippen LogP contribution in [0.2, 0.25) is 5.02 Å². The number of nitrogens with one attached hydrogen (secondary N) is 2. The molecule has 4 rings (SSSR count). The van der Waals surface area contributed by atoms with Gasteiger partial charge in [0.1, 0.15) is 5.75 Å². The van der Waals surface area contributed by atoms with Gasteiger partial charge in [0.05, 0.1) is 24.7 Å². The molecule has 0 aliphatic carbocycles. The summed E-state index contributed by atoms with van der Waals surface area (Å²) >= 11 is 6.25. The standard InChI is InChI=1S/C22H21ClN4O3/c1-22(11-19(27-30-22)17-5-3-4-6-18(17)23)21(28)24-12-15-13-25-26-20(15)14-7-9-16(29-2)10-8-14/h3-10,13H,11-12H2,1-2H3,(H,24,28)(H,25,26)/t22-/m1/s1. The van der Waals surface area contributed by atoms with Gasteiger partial charge in [0, 0.05) is 34.7 Å². The molecule has 0 fully saturated rings. The van der Waals surface area contributed by atoms with Crippen LogP contribution >= 0.6 is 11.6 Å². The third-order valence-corrected chi connectivity index (χ3v) is 5.39. The number of nitrogens with zero attached hydrogens (tertiary/aromatic N) is 2. The summed E-state index contributed by atoms with van der Waals surface area (Å²) in [5.74, 6) is 0.518. The fraction of sp³-hybridized carbons (Fsp3) is 0.227. The number of carbonyl (C=O) groups excluding carboxylic acids is 1. The summed E-state index contributed by atoms with van der Waals surface area (Å²) in [4.78, 5) is 18.4. The van der Waals surface area contributed by atoms with Crippen LogP contribution in [-0.4, -0.2) is 34.5 Å². The molecule has 0 saturated heterocycles. The molecule has 8 heteroatoms. The van der Waals surface area contributed by atoms with Crippen molar-refractivity contribution in [2.24, 2.45) is 5.16 Å². The van der Waals surface area contributed by atoms with Gasteiger partial charge in [-0.25, -0.2) is 0 Å². The highest BCUT2D eigenvalue weighted by atomic mass is 35.5. The van der Waals surface area contributed by atoms with Gasteiger partial charge in [-0.05, 0) is 37.3 Å². The zero-order valence-electron chi connectivity index (χ0n) is 16.6. The van der Waals surface area contributed by atoms with E-state index < -0.39 is 5.60 Å². The molecule has 0 spiro atoms. The molecular formula is C22H21ClN4O3. The number of carbonyl (C=O) groups is 1. The third kappa shape index (κ3) is 3.89. The zero-order chi connectivity index (χ0) is 21.1. The first-order valence-corrected chi connectivity index (χ1v) is 9.83. The topological polar surface area (TPSA) is 88.6 Å². The number of hydrogen-bond donors (Lipinski definition) is 2. The SMILES string of the molecule is COc1ccc(-c2[nH]ncc2CNC(=O)[C@@]2(C)CC(c3ccccc3Cl)=NO2)cc1. The third-order valence-electron chi connectivity index (χ3n) is 5.06. The van der Waals surface area contributed by atoms with E-state index in [9.17, 15) is 4.79 Å². The smallest absolute Gasteiger partial charge is 0.267 e. The van der Waals surface area contributed by atoms with Gasteiger partial charge < -0.3 is 14.9 Å². The van der Waals surface area contributed by atoms with Crippen molar-refractivity contribution in [3.05, 3.63) is 70.9 Å². The zero-order valence-corrected chi connectivity index (χ0v) is 17.4. The van der Waals surface area contributed by atoms with Crippen LogP contribution in [0.4, 0.5) is 0 Å². The molecule has 1 aliphatic heterocycles. The lowest BCUT2D eigenvalue weighted by atomic mass is 9.95. The number of aromatic amines is 1. The van der Waals surface area contributed by atoms with Crippen molar-refractivity contribution in [3.63, 3.8) is 0 Å². The maximum Gasteiger partial charge on any atom is 0.267 e. The highest BCUT2D eigenvalue weighted by Crippen LogP contribution is 2.30. The molecule has 0 unspecified atom stereocenters. The van der Waals surface area contributed by atoms with E-state index in [0.717, 1.165) is 28.1 Å². The molecule has 2 heterocycles. The number of amides is 1. The summed E-state index contributed by atoms with van der Waals surface area (Å²) in [6, 6.07) is 15.0. The minimum absolute atomic E-state index is 0.254. The highest BCUT2D eigenvalue weighted by molar-refractivity contribution is 6.34. The molecule has 0 saturated carbocycles. The minimum atomic E-state index is -1.10. The lowest BCUT2D eigenvalue weighted by Gasteiger charge is -2.20. The Labute approximate surface area is 179 Å². The van der Waals surface area contributed by atoms with E-state index in [1.165, 1.54) is 0 Å². The molecule has 2 N–H and O–H groups in total. The Morgan fingerprint density at radius 2 is 2.03 bits per heavy atom. The van der Waals surface area contributed by atoms with Crippen molar-refractivity contribution < 1.29 is 14.4 Å². The molecule has 0 radical (unpaired) electrons. The second kappa shape index (κ2) is 8.20. The molecule has 1 amide bonds. The van der Waals surface area contributed by atoms with Crippen LogP contribution in [0.3, 0.4) is 0 Å². The normalized spacial score (nSPS) is 17.9. The first-order chi connectivity index (χ1) is 14.5. The van der Waals surface area contributed by atoms with Crippen molar-refractivity contribution in [1.82, 2.24) is 15.5 Å². The summed E-state index contributed by atoms with van der Waals surface area (Å²) in [5, 5.41) is 14.7. The number of aromatic nitrogens is 2. The number of H-pyrrole nitrogens is 1.